The van der Waals surface area contributed by atoms with Gasteiger partial charge in [0, 0.05) is 13.1 Å². The average molecular weight is 455 g/mol. The first kappa shape index (κ1) is 22.1. The zero-order valence-electron chi connectivity index (χ0n) is 17.7. The monoisotopic (exact) mass is 454 g/mol. The first-order valence-corrected chi connectivity index (χ1v) is 12.1. The van der Waals surface area contributed by atoms with Crippen LogP contribution < -0.4 is 14.8 Å². The smallest absolute Gasteiger partial charge is 0.258 e. The van der Waals surface area contributed by atoms with E-state index in [-0.39, 0.29) is 24.0 Å². The van der Waals surface area contributed by atoms with Gasteiger partial charge in [0.15, 0.2) is 6.61 Å². The summed E-state index contributed by atoms with van der Waals surface area (Å²) < 4.78 is 37.7. The highest BCUT2D eigenvalue weighted by molar-refractivity contribution is 7.89. The lowest BCUT2D eigenvalue weighted by Crippen LogP contribution is -2.32. The van der Waals surface area contributed by atoms with Gasteiger partial charge in [-0.3, -0.25) is 4.79 Å². The second-order valence-electron chi connectivity index (χ2n) is 7.58. The molecule has 0 aliphatic carbocycles. The standard InChI is InChI=1S/C24H26N2O5S/c27-24(18-31-22-8-7-19-5-1-2-6-20(19)17-22)25-13-16-30-21-9-11-23(12-10-21)32(28,29)26-14-3-4-15-26/h1-2,5-12,17H,3-4,13-16,18H2,(H,25,27). The third kappa shape index (κ3) is 5.38. The van der Waals surface area contributed by atoms with Crippen LogP contribution in [0.2, 0.25) is 0 Å². The zero-order chi connectivity index (χ0) is 22.4. The molecule has 0 spiro atoms. The summed E-state index contributed by atoms with van der Waals surface area (Å²) in [6.45, 7) is 1.64. The average Bonchev–Trinajstić information content (AvgIpc) is 3.37. The minimum Gasteiger partial charge on any atom is -0.492 e. The van der Waals surface area contributed by atoms with E-state index in [0.717, 1.165) is 23.6 Å². The van der Waals surface area contributed by atoms with E-state index in [4.69, 9.17) is 9.47 Å². The lowest BCUT2D eigenvalue weighted by Gasteiger charge is -2.15. The summed E-state index contributed by atoms with van der Waals surface area (Å²) in [5.41, 5.74) is 0. The molecule has 0 saturated carbocycles. The molecule has 32 heavy (non-hydrogen) atoms. The number of hydrogen-bond acceptors (Lipinski definition) is 5. The van der Waals surface area contributed by atoms with Crippen LogP contribution in [-0.4, -0.2) is 51.5 Å². The Labute approximate surface area is 188 Å². The largest absolute Gasteiger partial charge is 0.492 e. The van der Waals surface area contributed by atoms with E-state index in [1.807, 2.05) is 42.5 Å². The predicted molar refractivity (Wildman–Crippen MR) is 122 cm³/mol. The number of sulfonamides is 1. The van der Waals surface area contributed by atoms with Gasteiger partial charge in [0.1, 0.15) is 18.1 Å². The van der Waals surface area contributed by atoms with Gasteiger partial charge in [0.05, 0.1) is 11.4 Å². The Bertz CT molecular complexity index is 1170. The number of carbonyl (C=O) groups excluding carboxylic acids is 1. The lowest BCUT2D eigenvalue weighted by atomic mass is 10.1. The topological polar surface area (TPSA) is 84.9 Å². The Morgan fingerprint density at radius 2 is 1.56 bits per heavy atom. The zero-order valence-corrected chi connectivity index (χ0v) is 18.5. The maximum absolute atomic E-state index is 12.5. The molecule has 8 heteroatoms. The quantitative estimate of drug-likeness (QED) is 0.502. The van der Waals surface area contributed by atoms with Crippen LogP contribution >= 0.6 is 0 Å². The van der Waals surface area contributed by atoms with E-state index in [2.05, 4.69) is 5.32 Å². The normalized spacial score (nSPS) is 14.4. The highest BCUT2D eigenvalue weighted by atomic mass is 32.2. The van der Waals surface area contributed by atoms with Gasteiger partial charge in [0.25, 0.3) is 5.91 Å². The molecule has 3 aromatic carbocycles. The number of fused-ring (bicyclic) bond motifs is 1. The lowest BCUT2D eigenvalue weighted by molar-refractivity contribution is -0.123. The molecule has 1 aliphatic heterocycles. The van der Waals surface area contributed by atoms with Crippen LogP contribution in [0.4, 0.5) is 0 Å². The summed E-state index contributed by atoms with van der Waals surface area (Å²) in [6.07, 6.45) is 1.80. The van der Waals surface area contributed by atoms with Gasteiger partial charge in [-0.25, -0.2) is 8.42 Å². The molecule has 1 N–H and O–H groups in total. The molecule has 0 bridgehead atoms. The number of amides is 1. The number of ether oxygens (including phenoxy) is 2. The van der Waals surface area contributed by atoms with Gasteiger partial charge in [-0.15, -0.1) is 0 Å². The maximum Gasteiger partial charge on any atom is 0.258 e. The number of rotatable bonds is 9. The molecule has 0 unspecified atom stereocenters. The predicted octanol–water partition coefficient (Wildman–Crippen LogP) is 3.20. The van der Waals surface area contributed by atoms with Gasteiger partial charge in [-0.2, -0.15) is 4.31 Å². The Hall–Kier alpha value is -3.10. The van der Waals surface area contributed by atoms with Crippen molar-refractivity contribution in [1.29, 1.82) is 0 Å². The summed E-state index contributed by atoms with van der Waals surface area (Å²) in [7, 11) is -3.43. The van der Waals surface area contributed by atoms with Gasteiger partial charge in [0.2, 0.25) is 10.0 Å². The molecule has 1 aliphatic rings. The van der Waals surface area contributed by atoms with Crippen LogP contribution in [0.15, 0.2) is 71.6 Å². The van der Waals surface area contributed by atoms with Crippen molar-refractivity contribution >= 4 is 26.7 Å². The molecule has 3 aromatic rings. The number of carbonyl (C=O) groups is 1. The molecule has 168 valence electrons. The third-order valence-corrected chi connectivity index (χ3v) is 7.22. The highest BCUT2D eigenvalue weighted by Crippen LogP contribution is 2.23. The number of nitrogens with zero attached hydrogens (tertiary/aromatic N) is 1. The van der Waals surface area contributed by atoms with Crippen molar-refractivity contribution in [3.05, 3.63) is 66.7 Å². The first-order valence-electron chi connectivity index (χ1n) is 10.6. The van der Waals surface area contributed by atoms with E-state index in [9.17, 15) is 13.2 Å². The molecular weight excluding hydrogens is 428 g/mol. The minimum absolute atomic E-state index is 0.0819. The van der Waals surface area contributed by atoms with Crippen molar-refractivity contribution < 1.29 is 22.7 Å². The van der Waals surface area contributed by atoms with Gasteiger partial charge in [-0.05, 0) is 60.0 Å². The summed E-state index contributed by atoms with van der Waals surface area (Å²) >= 11 is 0. The van der Waals surface area contributed by atoms with E-state index in [0.29, 0.717) is 31.1 Å². The van der Waals surface area contributed by atoms with E-state index in [1.54, 1.807) is 24.3 Å². The summed E-state index contributed by atoms with van der Waals surface area (Å²) in [5.74, 6) is 0.944. The summed E-state index contributed by atoms with van der Waals surface area (Å²) in [6, 6.07) is 20.0. The fraction of sp³-hybridized carbons (Fsp3) is 0.292. The fourth-order valence-corrected chi connectivity index (χ4v) is 5.12. The molecule has 1 fully saturated rings. The van der Waals surface area contributed by atoms with Crippen molar-refractivity contribution in [2.75, 3.05) is 32.8 Å². The van der Waals surface area contributed by atoms with Crippen molar-refractivity contribution in [1.82, 2.24) is 9.62 Å². The molecule has 0 radical (unpaired) electrons. The summed E-state index contributed by atoms with van der Waals surface area (Å²) in [4.78, 5) is 12.3. The van der Waals surface area contributed by atoms with Crippen LogP contribution in [0.1, 0.15) is 12.8 Å². The van der Waals surface area contributed by atoms with Crippen molar-refractivity contribution in [3.8, 4) is 11.5 Å². The molecule has 4 rings (SSSR count). The number of nitrogens with one attached hydrogen (secondary N) is 1. The molecule has 0 atom stereocenters. The molecule has 1 heterocycles. The van der Waals surface area contributed by atoms with Crippen molar-refractivity contribution in [2.45, 2.75) is 17.7 Å². The Balaban J connectivity index is 1.19. The fourth-order valence-electron chi connectivity index (χ4n) is 3.60. The highest BCUT2D eigenvalue weighted by Gasteiger charge is 2.26. The van der Waals surface area contributed by atoms with Crippen LogP contribution in [0.3, 0.4) is 0 Å². The Morgan fingerprint density at radius 1 is 0.875 bits per heavy atom. The van der Waals surface area contributed by atoms with Gasteiger partial charge < -0.3 is 14.8 Å². The SMILES string of the molecule is O=C(COc1ccc2ccccc2c1)NCCOc1ccc(S(=O)(=O)N2CCCC2)cc1. The Morgan fingerprint density at radius 3 is 2.31 bits per heavy atom. The number of benzene rings is 3. The number of hydrogen-bond donors (Lipinski definition) is 1. The molecular formula is C24H26N2O5S. The second kappa shape index (κ2) is 10.0. The summed E-state index contributed by atoms with van der Waals surface area (Å²) in [5, 5.41) is 4.91. The maximum atomic E-state index is 12.5. The minimum atomic E-state index is -3.43. The van der Waals surface area contributed by atoms with Crippen LogP contribution in [0.5, 0.6) is 11.5 Å². The van der Waals surface area contributed by atoms with Gasteiger partial charge >= 0.3 is 0 Å². The molecule has 0 aromatic heterocycles. The molecule has 1 saturated heterocycles. The van der Waals surface area contributed by atoms with Crippen molar-refractivity contribution in [3.63, 3.8) is 0 Å². The molecule has 1 amide bonds. The van der Waals surface area contributed by atoms with E-state index < -0.39 is 10.0 Å². The van der Waals surface area contributed by atoms with Crippen LogP contribution in [0.25, 0.3) is 10.8 Å². The Kier molecular flexibility index (Phi) is 6.92. The van der Waals surface area contributed by atoms with Crippen LogP contribution in [0, 0.1) is 0 Å². The van der Waals surface area contributed by atoms with E-state index >= 15 is 0 Å². The van der Waals surface area contributed by atoms with Crippen LogP contribution in [-0.2, 0) is 14.8 Å². The van der Waals surface area contributed by atoms with E-state index in [1.165, 1.54) is 4.31 Å². The van der Waals surface area contributed by atoms with Crippen molar-refractivity contribution in [2.24, 2.45) is 0 Å². The van der Waals surface area contributed by atoms with Gasteiger partial charge in [-0.1, -0.05) is 30.3 Å². The second-order valence-corrected chi connectivity index (χ2v) is 9.52. The first-order chi connectivity index (χ1) is 15.5. The third-order valence-electron chi connectivity index (χ3n) is 5.31. The molecule has 7 nitrogen and oxygen atoms in total.